The molecule has 0 amide bonds. The number of H-pyrrole nitrogens is 1. The third kappa shape index (κ3) is 2.96. The minimum absolute atomic E-state index is 0.204. The number of ether oxygens (including phenoxy) is 1. The lowest BCUT2D eigenvalue weighted by Gasteiger charge is -2.31. The van der Waals surface area contributed by atoms with E-state index in [2.05, 4.69) is 25.1 Å². The number of aryl methyl sites for hydroxylation is 2. The molecule has 1 aliphatic carbocycles. The van der Waals surface area contributed by atoms with Crippen LogP contribution in [0.2, 0.25) is 0 Å². The maximum Gasteiger partial charge on any atom is 0.327 e. The van der Waals surface area contributed by atoms with Crippen LogP contribution in [0.15, 0.2) is 12.1 Å². The van der Waals surface area contributed by atoms with Crippen molar-refractivity contribution in [1.82, 2.24) is 25.1 Å². The molecule has 6 rings (SSSR count). The highest BCUT2D eigenvalue weighted by atomic mass is 32.1. The molecule has 2 bridgehead atoms. The summed E-state index contributed by atoms with van der Waals surface area (Å²) >= 11 is 1.34. The lowest BCUT2D eigenvalue weighted by molar-refractivity contribution is 0.433. The van der Waals surface area contributed by atoms with Crippen molar-refractivity contribution in [3.63, 3.8) is 0 Å². The maximum absolute atomic E-state index is 14.4. The highest BCUT2D eigenvalue weighted by molar-refractivity contribution is 7.13. The molecule has 0 spiro atoms. The van der Waals surface area contributed by atoms with Gasteiger partial charge < -0.3 is 20.4 Å². The third-order valence-electron chi connectivity index (χ3n) is 6.50. The van der Waals surface area contributed by atoms with Gasteiger partial charge in [0.05, 0.1) is 10.9 Å². The molecule has 1 aliphatic heterocycles. The number of anilines is 1. The molecule has 1 aromatic carbocycles. The van der Waals surface area contributed by atoms with Gasteiger partial charge in [0, 0.05) is 24.0 Å². The molecule has 1 saturated heterocycles. The van der Waals surface area contributed by atoms with Gasteiger partial charge >= 0.3 is 11.2 Å². The van der Waals surface area contributed by atoms with Crippen molar-refractivity contribution >= 4 is 39.1 Å². The second kappa shape index (κ2) is 6.83. The van der Waals surface area contributed by atoms with Gasteiger partial charge in [-0.25, -0.2) is 4.39 Å². The second-order valence-electron chi connectivity index (χ2n) is 8.41. The minimum Gasteiger partial charge on any atom is -0.394 e. The van der Waals surface area contributed by atoms with Crippen LogP contribution in [0.4, 0.5) is 10.2 Å². The fraction of sp³-hybridized carbons (Fsp3) is 0.429. The summed E-state index contributed by atoms with van der Waals surface area (Å²) in [6.45, 7) is 4.71. The molecular formula is C21H22FN7OS. The average molecular weight is 440 g/mol. The first-order valence-electron chi connectivity index (χ1n) is 10.5. The van der Waals surface area contributed by atoms with E-state index in [1.54, 1.807) is 12.1 Å². The van der Waals surface area contributed by atoms with Crippen LogP contribution in [0.1, 0.15) is 30.3 Å². The van der Waals surface area contributed by atoms with Crippen LogP contribution in [0.3, 0.4) is 0 Å². The molecule has 8 nitrogen and oxygen atoms in total. The van der Waals surface area contributed by atoms with Crippen molar-refractivity contribution in [2.24, 2.45) is 11.7 Å². The topological polar surface area (TPSA) is 106 Å². The Morgan fingerprint density at radius 2 is 2.16 bits per heavy atom. The van der Waals surface area contributed by atoms with E-state index < -0.39 is 0 Å². The Balaban J connectivity index is 1.56. The average Bonchev–Trinajstić information content (AvgIpc) is 3.50. The van der Waals surface area contributed by atoms with Crippen molar-refractivity contribution in [3.05, 3.63) is 28.5 Å². The maximum atomic E-state index is 14.4. The predicted octanol–water partition coefficient (Wildman–Crippen LogP) is 3.69. The van der Waals surface area contributed by atoms with E-state index in [4.69, 9.17) is 15.5 Å². The number of nitrogens with zero attached hydrogens (tertiary/aromatic N) is 5. The lowest BCUT2D eigenvalue weighted by atomic mass is 10.0. The molecule has 2 aliphatic rings. The number of fused-ring (bicyclic) bond motifs is 5. The van der Waals surface area contributed by atoms with Crippen molar-refractivity contribution < 1.29 is 9.13 Å². The minimum atomic E-state index is -0.258. The number of halogens is 1. The van der Waals surface area contributed by atoms with Crippen LogP contribution in [0.5, 0.6) is 11.2 Å². The zero-order valence-electron chi connectivity index (χ0n) is 17.2. The van der Waals surface area contributed by atoms with Crippen LogP contribution in [-0.2, 0) is 6.42 Å². The van der Waals surface area contributed by atoms with E-state index in [-0.39, 0.29) is 17.9 Å². The first-order valence-corrected chi connectivity index (χ1v) is 11.3. The van der Waals surface area contributed by atoms with Gasteiger partial charge in [0.25, 0.3) is 0 Å². The largest absolute Gasteiger partial charge is 0.394 e. The van der Waals surface area contributed by atoms with Gasteiger partial charge in [0.1, 0.15) is 22.3 Å². The van der Waals surface area contributed by atoms with Crippen molar-refractivity contribution in [3.8, 4) is 11.2 Å². The number of hydrogen-bond acceptors (Lipinski definition) is 8. The van der Waals surface area contributed by atoms with E-state index in [9.17, 15) is 4.39 Å². The lowest BCUT2D eigenvalue weighted by Crippen LogP contribution is -2.41. The van der Waals surface area contributed by atoms with E-state index >= 15 is 0 Å². The molecule has 2 fully saturated rings. The number of nitrogens with two attached hydrogens (primary N) is 1. The number of nitrogens with one attached hydrogen (secondary N) is 1. The Hall–Kier alpha value is -2.85. The SMILES string of the molecule is CCc1cc(F)cc2c1[nH]c1nc(Oc3nnc(C)s3)nc(N3C[C@H]4C[C@@H]3C[C@H]4N)c12. The van der Waals surface area contributed by atoms with E-state index in [0.29, 0.717) is 29.2 Å². The molecule has 10 heteroatoms. The molecule has 4 heterocycles. The number of aromatic nitrogens is 5. The Labute approximate surface area is 181 Å². The third-order valence-corrected chi connectivity index (χ3v) is 7.22. The molecule has 160 valence electrons. The monoisotopic (exact) mass is 439 g/mol. The summed E-state index contributed by atoms with van der Waals surface area (Å²) in [5.41, 5.74) is 8.71. The van der Waals surface area contributed by atoms with Crippen molar-refractivity contribution in [2.75, 3.05) is 11.4 Å². The van der Waals surface area contributed by atoms with Gasteiger partial charge in [-0.1, -0.05) is 23.4 Å². The van der Waals surface area contributed by atoms with Gasteiger partial charge in [-0.15, -0.1) is 5.10 Å². The van der Waals surface area contributed by atoms with E-state index in [0.717, 1.165) is 52.1 Å². The highest BCUT2D eigenvalue weighted by Crippen LogP contribution is 2.43. The first-order chi connectivity index (χ1) is 15.0. The zero-order chi connectivity index (χ0) is 21.3. The fourth-order valence-electron chi connectivity index (χ4n) is 5.08. The molecule has 3 atom stereocenters. The van der Waals surface area contributed by atoms with E-state index in [1.165, 1.54) is 11.3 Å². The number of aromatic amines is 1. The van der Waals surface area contributed by atoms with Crippen molar-refractivity contribution in [1.29, 1.82) is 0 Å². The van der Waals surface area contributed by atoms with Crippen LogP contribution < -0.4 is 15.4 Å². The quantitative estimate of drug-likeness (QED) is 0.499. The molecule has 0 radical (unpaired) electrons. The van der Waals surface area contributed by atoms with Gasteiger partial charge in [0.2, 0.25) is 0 Å². The van der Waals surface area contributed by atoms with Crippen LogP contribution in [0.25, 0.3) is 21.9 Å². The van der Waals surface area contributed by atoms with Gasteiger partial charge in [-0.05, 0) is 49.8 Å². The summed E-state index contributed by atoms with van der Waals surface area (Å²) in [4.78, 5) is 15.1. The summed E-state index contributed by atoms with van der Waals surface area (Å²) in [5, 5.41) is 10.8. The predicted molar refractivity (Wildman–Crippen MR) is 117 cm³/mol. The number of rotatable bonds is 4. The van der Waals surface area contributed by atoms with Crippen LogP contribution >= 0.6 is 11.3 Å². The Morgan fingerprint density at radius 1 is 1.29 bits per heavy atom. The summed E-state index contributed by atoms with van der Waals surface area (Å²) < 4.78 is 20.3. The highest BCUT2D eigenvalue weighted by Gasteiger charge is 2.44. The first kappa shape index (κ1) is 18.9. The molecule has 3 N–H and O–H groups in total. The van der Waals surface area contributed by atoms with Crippen molar-refractivity contribution in [2.45, 2.75) is 45.2 Å². The Morgan fingerprint density at radius 3 is 2.84 bits per heavy atom. The summed E-state index contributed by atoms with van der Waals surface area (Å²) in [6, 6.07) is 3.89. The van der Waals surface area contributed by atoms with Gasteiger partial charge in [-0.2, -0.15) is 9.97 Å². The summed E-state index contributed by atoms with van der Waals surface area (Å²) in [6.07, 6.45) is 2.69. The molecular weight excluding hydrogens is 417 g/mol. The smallest absolute Gasteiger partial charge is 0.327 e. The number of hydrogen-bond donors (Lipinski definition) is 2. The normalized spacial score (nSPS) is 22.8. The number of benzene rings is 1. The van der Waals surface area contributed by atoms with Gasteiger partial charge in [0.15, 0.2) is 0 Å². The van der Waals surface area contributed by atoms with Crippen LogP contribution in [0, 0.1) is 18.7 Å². The molecule has 31 heavy (non-hydrogen) atoms. The molecule has 4 aromatic rings. The number of piperidine rings is 1. The summed E-state index contributed by atoms with van der Waals surface area (Å²) in [5.74, 6) is 0.948. The molecule has 0 unspecified atom stereocenters. The summed E-state index contributed by atoms with van der Waals surface area (Å²) in [7, 11) is 0. The molecule has 1 saturated carbocycles. The fourth-order valence-corrected chi connectivity index (χ4v) is 5.61. The van der Waals surface area contributed by atoms with Crippen LogP contribution in [-0.4, -0.2) is 43.8 Å². The molecule has 3 aromatic heterocycles. The Bertz CT molecular complexity index is 1320. The Kier molecular flexibility index (Phi) is 4.16. The standard InChI is InChI=1S/C21H22FN7OS/c1-3-10-4-12(22)6-14-16-18(24-17(10)14)25-20(30-21-28-27-9(2)31-21)26-19(16)29-8-11-5-13(29)7-15(11)23/h4,6,11,13,15H,3,5,7-8,23H2,1-2H3,(H,24,25,26)/t11-,13-,15-/m1/s1. The second-order valence-corrected chi connectivity index (χ2v) is 9.55. The van der Waals surface area contributed by atoms with Gasteiger partial charge in [-0.3, -0.25) is 0 Å². The van der Waals surface area contributed by atoms with E-state index in [1.807, 2.05) is 13.8 Å². The zero-order valence-corrected chi connectivity index (χ0v) is 18.0.